The Hall–Kier alpha value is -7.63. The van der Waals surface area contributed by atoms with Gasteiger partial charge in [0.15, 0.2) is 17.5 Å². The maximum atomic E-state index is 5.04. The quantitative estimate of drug-likeness (QED) is 0.165. The molecule has 11 aromatic rings. The van der Waals surface area contributed by atoms with Crippen molar-refractivity contribution in [3.05, 3.63) is 194 Å². The summed E-state index contributed by atoms with van der Waals surface area (Å²) in [5.74, 6) is 2.03. The van der Waals surface area contributed by atoms with Crippen LogP contribution in [0.15, 0.2) is 188 Å². The number of para-hydroxylation sites is 3. The number of aromatic nitrogens is 5. The fraction of sp³-hybridized carbons (Fsp3) is 0.0377. The van der Waals surface area contributed by atoms with Gasteiger partial charge in [-0.05, 0) is 72.5 Å². The van der Waals surface area contributed by atoms with E-state index in [-0.39, 0.29) is 0 Å². The number of fused-ring (bicyclic) bond motifs is 12. The molecule has 0 radical (unpaired) electrons. The number of rotatable bonds is 5. The standard InChI is InChI=1S/C53H35N5/c1-3-15-34(16-4-1)51-54-52(35-17-5-2-6-18-35)56-53(55-51)39-22-13-20-36(31-39)37-21-14-23-40(32-37)57-45-27-11-9-25-42(45)50-47(57)30-29-43-48-33-38-19-7-10-26-44(38)58(48)46-28-12-8-24-41(46)49(43)50/h1,3-5,7-33H,2,6H2. The minimum atomic E-state index is 0.660. The van der Waals surface area contributed by atoms with Crippen LogP contribution in [0, 0.1) is 0 Å². The molecule has 0 saturated heterocycles. The summed E-state index contributed by atoms with van der Waals surface area (Å²) in [6.45, 7) is 0. The SMILES string of the molecule is C1=CC(c2nc(-c3ccccc3)nc(-c3cccc(-c4cccc(-n5c6ccccc6c6c7c8ccccc8n8c9ccccc9cc8c7ccc65)c4)c3)n2)=CCC1. The van der Waals surface area contributed by atoms with E-state index in [0.29, 0.717) is 17.5 Å². The Balaban J connectivity index is 1.04. The Morgan fingerprint density at radius 3 is 1.86 bits per heavy atom. The van der Waals surface area contributed by atoms with Gasteiger partial charge in [0, 0.05) is 54.7 Å². The molecule has 0 spiro atoms. The predicted octanol–water partition coefficient (Wildman–Crippen LogP) is 13.4. The second-order valence-corrected chi connectivity index (χ2v) is 15.1. The van der Waals surface area contributed by atoms with Crippen LogP contribution in [-0.4, -0.2) is 23.9 Å². The van der Waals surface area contributed by atoms with Crippen molar-refractivity contribution in [2.75, 3.05) is 0 Å². The van der Waals surface area contributed by atoms with Gasteiger partial charge in [-0.1, -0.05) is 140 Å². The van der Waals surface area contributed by atoms with E-state index in [9.17, 15) is 0 Å². The van der Waals surface area contributed by atoms with Crippen molar-refractivity contribution in [3.63, 3.8) is 0 Å². The normalized spacial score (nSPS) is 13.1. The lowest BCUT2D eigenvalue weighted by Crippen LogP contribution is -2.03. The number of allylic oxidation sites excluding steroid dienone is 4. The monoisotopic (exact) mass is 741 g/mol. The average molecular weight is 742 g/mol. The summed E-state index contributed by atoms with van der Waals surface area (Å²) >= 11 is 0. The van der Waals surface area contributed by atoms with Crippen LogP contribution in [0.4, 0.5) is 0 Å². The molecule has 5 nitrogen and oxygen atoms in total. The smallest absolute Gasteiger partial charge is 0.164 e. The molecule has 0 amide bonds. The second kappa shape index (κ2) is 13.0. The van der Waals surface area contributed by atoms with Gasteiger partial charge in [0.2, 0.25) is 0 Å². The third-order valence-electron chi connectivity index (χ3n) is 11.7. The minimum Gasteiger partial charge on any atom is -0.309 e. The minimum absolute atomic E-state index is 0.660. The van der Waals surface area contributed by atoms with Crippen LogP contribution < -0.4 is 0 Å². The third-order valence-corrected chi connectivity index (χ3v) is 11.7. The maximum Gasteiger partial charge on any atom is 0.164 e. The average Bonchev–Trinajstić information content (AvgIpc) is 3.86. The molecule has 1 aliphatic rings. The molecule has 58 heavy (non-hydrogen) atoms. The highest BCUT2D eigenvalue weighted by molar-refractivity contribution is 6.31. The van der Waals surface area contributed by atoms with Crippen LogP contribution in [0.5, 0.6) is 0 Å². The van der Waals surface area contributed by atoms with Crippen LogP contribution in [0.3, 0.4) is 0 Å². The Morgan fingerprint density at radius 1 is 0.397 bits per heavy atom. The maximum absolute atomic E-state index is 5.04. The van der Waals surface area contributed by atoms with E-state index >= 15 is 0 Å². The molecule has 0 aliphatic heterocycles. The van der Waals surface area contributed by atoms with Crippen LogP contribution in [0.2, 0.25) is 0 Å². The van der Waals surface area contributed by atoms with Gasteiger partial charge in [0.1, 0.15) is 0 Å². The van der Waals surface area contributed by atoms with Gasteiger partial charge in [-0.3, -0.25) is 0 Å². The Bertz CT molecular complexity index is 3510. The molecule has 272 valence electrons. The summed E-state index contributed by atoms with van der Waals surface area (Å²) in [5, 5.41) is 7.54. The number of hydrogen-bond acceptors (Lipinski definition) is 3. The van der Waals surface area contributed by atoms with Crippen molar-refractivity contribution in [2.45, 2.75) is 12.8 Å². The number of hydrogen-bond donors (Lipinski definition) is 0. The summed E-state index contributed by atoms with van der Waals surface area (Å²) in [4.78, 5) is 15.0. The first-order chi connectivity index (χ1) is 28.8. The van der Waals surface area contributed by atoms with Crippen molar-refractivity contribution in [2.24, 2.45) is 0 Å². The molecular weight excluding hydrogens is 707 g/mol. The van der Waals surface area contributed by atoms with Crippen LogP contribution in [-0.2, 0) is 0 Å². The van der Waals surface area contributed by atoms with Crippen molar-refractivity contribution < 1.29 is 0 Å². The van der Waals surface area contributed by atoms with Crippen molar-refractivity contribution in [3.8, 4) is 39.6 Å². The van der Waals surface area contributed by atoms with Crippen molar-refractivity contribution >= 4 is 65.5 Å². The predicted molar refractivity (Wildman–Crippen MR) is 240 cm³/mol. The molecule has 1 aliphatic carbocycles. The number of nitrogens with zero attached hydrogens (tertiary/aromatic N) is 5. The first-order valence-electron chi connectivity index (χ1n) is 19.9. The van der Waals surface area contributed by atoms with Crippen molar-refractivity contribution in [1.82, 2.24) is 23.9 Å². The van der Waals surface area contributed by atoms with Crippen molar-refractivity contribution in [1.29, 1.82) is 0 Å². The lowest BCUT2D eigenvalue weighted by Gasteiger charge is -2.13. The first kappa shape index (κ1) is 32.6. The molecule has 0 atom stereocenters. The Kier molecular flexibility index (Phi) is 7.29. The van der Waals surface area contributed by atoms with Crippen LogP contribution in [0.25, 0.3) is 105 Å². The lowest BCUT2D eigenvalue weighted by atomic mass is 9.99. The Morgan fingerprint density at radius 2 is 1.03 bits per heavy atom. The number of benzene rings is 7. The zero-order valence-electron chi connectivity index (χ0n) is 31.5. The zero-order valence-corrected chi connectivity index (χ0v) is 31.5. The summed E-state index contributed by atoms with van der Waals surface area (Å²) in [6, 6.07) is 61.0. The molecule has 5 heteroatoms. The topological polar surface area (TPSA) is 48.0 Å². The summed E-state index contributed by atoms with van der Waals surface area (Å²) < 4.78 is 4.86. The molecule has 4 aromatic heterocycles. The fourth-order valence-electron chi connectivity index (χ4n) is 9.12. The summed E-state index contributed by atoms with van der Waals surface area (Å²) in [5.41, 5.74) is 12.3. The molecule has 0 fully saturated rings. The van der Waals surface area contributed by atoms with E-state index in [0.717, 1.165) is 46.4 Å². The molecular formula is C53H35N5. The largest absolute Gasteiger partial charge is 0.309 e. The summed E-state index contributed by atoms with van der Waals surface area (Å²) in [6.07, 6.45) is 8.55. The molecule has 0 bridgehead atoms. The van der Waals surface area contributed by atoms with Gasteiger partial charge in [0.05, 0.1) is 27.6 Å². The van der Waals surface area contributed by atoms with Gasteiger partial charge in [-0.25, -0.2) is 15.0 Å². The van der Waals surface area contributed by atoms with E-state index in [4.69, 9.17) is 15.0 Å². The molecule has 12 rings (SSSR count). The van der Waals surface area contributed by atoms with Crippen LogP contribution in [0.1, 0.15) is 18.7 Å². The van der Waals surface area contributed by atoms with E-state index in [1.54, 1.807) is 0 Å². The first-order valence-corrected chi connectivity index (χ1v) is 19.9. The van der Waals surface area contributed by atoms with E-state index in [1.807, 2.05) is 18.2 Å². The summed E-state index contributed by atoms with van der Waals surface area (Å²) in [7, 11) is 0. The van der Waals surface area contributed by atoms with Gasteiger partial charge in [-0.2, -0.15) is 0 Å². The second-order valence-electron chi connectivity index (χ2n) is 15.1. The van der Waals surface area contributed by atoms with E-state index in [2.05, 4.69) is 179 Å². The van der Waals surface area contributed by atoms with Gasteiger partial charge in [-0.15, -0.1) is 0 Å². The van der Waals surface area contributed by atoms with Gasteiger partial charge < -0.3 is 8.97 Å². The highest BCUT2D eigenvalue weighted by atomic mass is 15.0. The highest BCUT2D eigenvalue weighted by Crippen LogP contribution is 2.43. The molecule has 4 heterocycles. The number of pyridine rings is 1. The molecule has 0 unspecified atom stereocenters. The third kappa shape index (κ3) is 5.07. The van der Waals surface area contributed by atoms with Gasteiger partial charge >= 0.3 is 0 Å². The fourth-order valence-corrected chi connectivity index (χ4v) is 9.12. The molecule has 0 N–H and O–H groups in total. The van der Waals surface area contributed by atoms with E-state index in [1.165, 1.54) is 59.9 Å². The van der Waals surface area contributed by atoms with Gasteiger partial charge in [0.25, 0.3) is 0 Å². The molecule has 0 saturated carbocycles. The van der Waals surface area contributed by atoms with Crippen LogP contribution >= 0.6 is 0 Å². The molecule has 7 aromatic carbocycles. The Labute approximate surface area is 334 Å². The zero-order chi connectivity index (χ0) is 38.2. The van der Waals surface area contributed by atoms with E-state index < -0.39 is 0 Å². The lowest BCUT2D eigenvalue weighted by molar-refractivity contribution is 1.01. The highest BCUT2D eigenvalue weighted by Gasteiger charge is 2.20.